The van der Waals surface area contributed by atoms with E-state index in [9.17, 15) is 9.59 Å². The maximum Gasteiger partial charge on any atom is 0.342 e. The first-order valence-corrected chi connectivity index (χ1v) is 6.63. The van der Waals surface area contributed by atoms with E-state index in [1.165, 1.54) is 12.1 Å². The molecule has 0 aromatic heterocycles. The molecule has 0 saturated heterocycles. The van der Waals surface area contributed by atoms with Crippen LogP contribution in [0.1, 0.15) is 17.3 Å². The van der Waals surface area contributed by atoms with Crippen molar-refractivity contribution in [3.8, 4) is 0 Å². The van der Waals surface area contributed by atoms with Crippen LogP contribution in [0.4, 0.5) is 0 Å². The van der Waals surface area contributed by atoms with E-state index in [-0.39, 0.29) is 17.2 Å². The predicted octanol–water partition coefficient (Wildman–Crippen LogP) is 2.67. The Morgan fingerprint density at radius 3 is 2.48 bits per heavy atom. The van der Waals surface area contributed by atoms with Crippen molar-refractivity contribution in [2.24, 2.45) is 16.0 Å². The largest absolute Gasteiger partial charge is 0.462 e. The van der Waals surface area contributed by atoms with Crippen molar-refractivity contribution in [1.29, 1.82) is 0 Å². The lowest BCUT2D eigenvalue weighted by atomic mass is 10.2. The maximum absolute atomic E-state index is 11.7. The van der Waals surface area contributed by atoms with Gasteiger partial charge in [0.1, 0.15) is 5.57 Å². The molecule has 0 aliphatic carbocycles. The van der Waals surface area contributed by atoms with Gasteiger partial charge in [-0.05, 0) is 31.2 Å². The Bertz CT molecular complexity index is 612. The van der Waals surface area contributed by atoms with Crippen LogP contribution in [0.15, 0.2) is 46.3 Å². The Labute approximate surface area is 131 Å². The number of carbonyl (C=O) groups is 2. The van der Waals surface area contributed by atoms with Crippen LogP contribution in [0.25, 0.3) is 0 Å². The summed E-state index contributed by atoms with van der Waals surface area (Å²) in [4.78, 5) is 23.0. The van der Waals surface area contributed by atoms with Gasteiger partial charge in [0.15, 0.2) is 4.99 Å². The number of halogens is 1. The third-order valence-electron chi connectivity index (χ3n) is 2.22. The second-order valence-electron chi connectivity index (χ2n) is 3.62. The van der Waals surface area contributed by atoms with Gasteiger partial charge in [-0.3, -0.25) is 4.79 Å². The molecule has 0 unspecified atom stereocenters. The first-order valence-electron chi connectivity index (χ1n) is 5.84. The van der Waals surface area contributed by atoms with Crippen LogP contribution in [0.3, 0.4) is 0 Å². The molecular formula is C13H12ClN3O3S. The molecule has 0 spiro atoms. The highest BCUT2D eigenvalue weighted by Crippen LogP contribution is 2.11. The minimum absolute atomic E-state index is 0.125. The highest BCUT2D eigenvalue weighted by Gasteiger charge is 2.15. The summed E-state index contributed by atoms with van der Waals surface area (Å²) in [5.74, 6) is -1.34. The molecule has 110 valence electrons. The second-order valence-corrected chi connectivity index (χ2v) is 4.44. The Hall–Kier alpha value is -2.12. The van der Waals surface area contributed by atoms with E-state index in [0.717, 1.165) is 6.20 Å². The Morgan fingerprint density at radius 1 is 1.33 bits per heavy atom. The Kier molecular flexibility index (Phi) is 6.64. The van der Waals surface area contributed by atoms with Gasteiger partial charge in [0.2, 0.25) is 0 Å². The topological polar surface area (TPSA) is 94.1 Å². The van der Waals surface area contributed by atoms with E-state index in [0.29, 0.717) is 10.6 Å². The van der Waals surface area contributed by atoms with E-state index in [2.05, 4.69) is 10.2 Å². The number of nitrogens with two attached hydrogens (primary N) is 1. The molecule has 6 nitrogen and oxygen atoms in total. The van der Waals surface area contributed by atoms with Gasteiger partial charge in [-0.15, -0.1) is 10.2 Å². The molecule has 21 heavy (non-hydrogen) atoms. The third kappa shape index (κ3) is 5.05. The van der Waals surface area contributed by atoms with Crippen LogP contribution < -0.4 is 5.73 Å². The number of thiocarbonyl (C=S) groups is 1. The van der Waals surface area contributed by atoms with Crippen LogP contribution in [-0.2, 0) is 9.53 Å². The number of ether oxygens (including phenoxy) is 1. The van der Waals surface area contributed by atoms with Crippen molar-refractivity contribution in [3.63, 3.8) is 0 Å². The molecule has 1 rings (SSSR count). The molecule has 0 aliphatic rings. The number of hydrogen-bond donors (Lipinski definition) is 1. The summed E-state index contributed by atoms with van der Waals surface area (Å²) in [6, 6.07) is 6.09. The van der Waals surface area contributed by atoms with Crippen molar-refractivity contribution >= 4 is 40.7 Å². The molecule has 1 amide bonds. The fraction of sp³-hybridized carbons (Fsp3) is 0.154. The number of benzene rings is 1. The summed E-state index contributed by atoms with van der Waals surface area (Å²) >= 11 is 10.6. The molecule has 1 aromatic carbocycles. The average Bonchev–Trinajstić information content (AvgIpc) is 2.46. The van der Waals surface area contributed by atoms with Crippen LogP contribution in [0.5, 0.6) is 0 Å². The second kappa shape index (κ2) is 8.23. The quantitative estimate of drug-likeness (QED) is 0.397. The summed E-state index contributed by atoms with van der Waals surface area (Å²) in [5.41, 5.74) is 5.45. The lowest BCUT2D eigenvalue weighted by Gasteiger charge is -2.02. The van der Waals surface area contributed by atoms with E-state index < -0.39 is 11.9 Å². The van der Waals surface area contributed by atoms with Gasteiger partial charge in [0.25, 0.3) is 5.91 Å². The van der Waals surface area contributed by atoms with Gasteiger partial charge < -0.3 is 10.5 Å². The van der Waals surface area contributed by atoms with E-state index in [1.54, 1.807) is 19.1 Å². The fourth-order valence-corrected chi connectivity index (χ4v) is 1.55. The molecule has 0 aliphatic heterocycles. The number of esters is 1. The number of rotatable bonds is 4. The zero-order chi connectivity index (χ0) is 15.8. The van der Waals surface area contributed by atoms with Gasteiger partial charge in [-0.1, -0.05) is 23.8 Å². The predicted molar refractivity (Wildman–Crippen MR) is 82.1 cm³/mol. The molecule has 0 fully saturated rings. The standard InChI is InChI=1S/C13H12ClN3O3S/c1-2-20-13(19)10(7-15)12(21)17-16-11(18)8-3-5-9(14)6-4-8/h3-7H,2,15H2,1H3. The lowest BCUT2D eigenvalue weighted by molar-refractivity contribution is -0.137. The molecule has 0 radical (unpaired) electrons. The minimum Gasteiger partial charge on any atom is -0.462 e. The molecule has 0 bridgehead atoms. The number of nitrogens with zero attached hydrogens (tertiary/aromatic N) is 2. The summed E-state index contributed by atoms with van der Waals surface area (Å²) < 4.78 is 4.74. The smallest absolute Gasteiger partial charge is 0.342 e. The van der Waals surface area contributed by atoms with Crippen molar-refractivity contribution in [2.75, 3.05) is 6.61 Å². The Balaban J connectivity index is 2.79. The lowest BCUT2D eigenvalue weighted by Crippen LogP contribution is -2.15. The zero-order valence-corrected chi connectivity index (χ0v) is 12.6. The molecule has 2 N–H and O–H groups in total. The first kappa shape index (κ1) is 16.9. The van der Waals surface area contributed by atoms with E-state index >= 15 is 0 Å². The average molecular weight is 326 g/mol. The summed E-state index contributed by atoms with van der Waals surface area (Å²) in [7, 11) is 0. The number of azo groups is 1. The highest BCUT2D eigenvalue weighted by molar-refractivity contribution is 7.80. The van der Waals surface area contributed by atoms with Gasteiger partial charge in [-0.2, -0.15) is 0 Å². The highest BCUT2D eigenvalue weighted by atomic mass is 35.5. The van der Waals surface area contributed by atoms with Crippen LogP contribution in [-0.4, -0.2) is 23.5 Å². The molecule has 8 heteroatoms. The Morgan fingerprint density at radius 2 is 1.95 bits per heavy atom. The van der Waals surface area contributed by atoms with Gasteiger partial charge >= 0.3 is 5.97 Å². The van der Waals surface area contributed by atoms with Crippen LogP contribution in [0.2, 0.25) is 5.02 Å². The molecule has 0 saturated carbocycles. The fourth-order valence-electron chi connectivity index (χ4n) is 1.23. The summed E-state index contributed by atoms with van der Waals surface area (Å²) in [5, 5.41) is 7.45. The minimum atomic E-state index is -0.720. The zero-order valence-electron chi connectivity index (χ0n) is 11.1. The molecule has 1 aromatic rings. The van der Waals surface area contributed by atoms with Gasteiger partial charge in [0.05, 0.1) is 6.61 Å². The molecular weight excluding hydrogens is 314 g/mol. The third-order valence-corrected chi connectivity index (χ3v) is 2.77. The monoisotopic (exact) mass is 325 g/mol. The maximum atomic E-state index is 11.7. The van der Waals surface area contributed by atoms with Crippen molar-refractivity contribution < 1.29 is 14.3 Å². The number of amides is 1. The number of carbonyl (C=O) groups excluding carboxylic acids is 2. The van der Waals surface area contributed by atoms with Gasteiger partial charge in [-0.25, -0.2) is 4.79 Å². The van der Waals surface area contributed by atoms with Crippen LogP contribution in [0, 0.1) is 0 Å². The van der Waals surface area contributed by atoms with Gasteiger partial charge in [0, 0.05) is 16.8 Å². The van der Waals surface area contributed by atoms with E-state index in [1.807, 2.05) is 0 Å². The SMILES string of the molecule is CCOC(=O)C(=CN)C(=S)N=NC(=O)c1ccc(Cl)cc1. The first-order chi connectivity index (χ1) is 9.99. The van der Waals surface area contributed by atoms with Crippen LogP contribution >= 0.6 is 23.8 Å². The molecule has 0 heterocycles. The van der Waals surface area contributed by atoms with Crippen molar-refractivity contribution in [3.05, 3.63) is 46.6 Å². The normalized spacial score (nSPS) is 11.4. The van der Waals surface area contributed by atoms with Crippen molar-refractivity contribution in [2.45, 2.75) is 6.92 Å². The van der Waals surface area contributed by atoms with Crippen molar-refractivity contribution in [1.82, 2.24) is 0 Å². The molecule has 0 atom stereocenters. The van der Waals surface area contributed by atoms with E-state index in [4.69, 9.17) is 34.3 Å². The summed E-state index contributed by atoms with van der Waals surface area (Å²) in [6.45, 7) is 1.81. The summed E-state index contributed by atoms with van der Waals surface area (Å²) in [6.07, 6.45) is 0.964. The number of hydrogen-bond acceptors (Lipinski definition) is 5.